The van der Waals surface area contributed by atoms with Crippen LogP contribution in [0, 0.1) is 11.8 Å². The molecule has 2 rings (SSSR count). The van der Waals surface area contributed by atoms with Crippen LogP contribution < -0.4 is 0 Å². The van der Waals surface area contributed by atoms with Gasteiger partial charge in [-0.15, -0.1) is 0 Å². The van der Waals surface area contributed by atoms with Gasteiger partial charge in [-0.2, -0.15) is 0 Å². The van der Waals surface area contributed by atoms with E-state index in [-0.39, 0.29) is 22.8 Å². The molecule has 0 saturated carbocycles. The molecule has 2 nitrogen and oxygen atoms in total. The van der Waals surface area contributed by atoms with Crippen LogP contribution in [0.3, 0.4) is 0 Å². The molecule has 0 spiro atoms. The number of allylic oxidation sites excluding steroid dienone is 2. The monoisotopic (exact) mass is 344 g/mol. The zero-order valence-corrected chi connectivity index (χ0v) is 16.9. The van der Waals surface area contributed by atoms with E-state index >= 15 is 0 Å². The molecule has 0 heterocycles. The maximum atomic E-state index is 10.8. The summed E-state index contributed by atoms with van der Waals surface area (Å²) in [5.74, 6) is 1.58. The fourth-order valence-electron chi connectivity index (χ4n) is 4.25. The van der Waals surface area contributed by atoms with Gasteiger partial charge in [-0.25, -0.2) is 0 Å². The fourth-order valence-corrected chi connectivity index (χ4v) is 4.25. The van der Waals surface area contributed by atoms with Gasteiger partial charge in [-0.1, -0.05) is 59.1 Å². The molecule has 1 aliphatic rings. The summed E-state index contributed by atoms with van der Waals surface area (Å²) >= 11 is 0. The van der Waals surface area contributed by atoms with Crippen LogP contribution in [0.15, 0.2) is 23.8 Å². The number of phenols is 2. The summed E-state index contributed by atoms with van der Waals surface area (Å²) < 4.78 is 0. The highest BCUT2D eigenvalue weighted by Crippen LogP contribution is 2.48. The summed E-state index contributed by atoms with van der Waals surface area (Å²) in [6.07, 6.45) is 7.85. The van der Waals surface area contributed by atoms with Gasteiger partial charge in [0.15, 0.2) is 0 Å². The molecular formula is C23H36O2. The van der Waals surface area contributed by atoms with Crippen LogP contribution in [-0.2, 0) is 5.41 Å². The lowest BCUT2D eigenvalue weighted by molar-refractivity contribution is 0.303. The van der Waals surface area contributed by atoms with Crippen LogP contribution >= 0.6 is 0 Å². The van der Waals surface area contributed by atoms with Crippen molar-refractivity contribution in [2.45, 2.75) is 85.0 Å². The minimum Gasteiger partial charge on any atom is -0.507 e. The predicted molar refractivity (Wildman–Crippen MR) is 106 cm³/mol. The first kappa shape index (κ1) is 19.9. The van der Waals surface area contributed by atoms with Crippen molar-refractivity contribution in [1.29, 1.82) is 0 Å². The van der Waals surface area contributed by atoms with Crippen molar-refractivity contribution in [1.82, 2.24) is 0 Å². The maximum absolute atomic E-state index is 10.8. The molecule has 140 valence electrons. The van der Waals surface area contributed by atoms with Crippen molar-refractivity contribution in [3.63, 3.8) is 0 Å². The van der Waals surface area contributed by atoms with E-state index in [0.29, 0.717) is 17.4 Å². The lowest BCUT2D eigenvalue weighted by atomic mass is 9.71. The van der Waals surface area contributed by atoms with Crippen molar-refractivity contribution in [2.75, 3.05) is 0 Å². The van der Waals surface area contributed by atoms with Gasteiger partial charge in [0.25, 0.3) is 0 Å². The van der Waals surface area contributed by atoms with Crippen molar-refractivity contribution in [3.05, 3.63) is 34.9 Å². The Kier molecular flexibility index (Phi) is 6.24. The van der Waals surface area contributed by atoms with E-state index in [0.717, 1.165) is 37.7 Å². The molecule has 0 fully saturated rings. The van der Waals surface area contributed by atoms with E-state index in [1.165, 1.54) is 5.57 Å². The van der Waals surface area contributed by atoms with Crippen LogP contribution in [0.1, 0.15) is 90.7 Å². The quantitative estimate of drug-likeness (QED) is 0.566. The Morgan fingerprint density at radius 3 is 2.28 bits per heavy atom. The molecule has 2 N–H and O–H groups in total. The summed E-state index contributed by atoms with van der Waals surface area (Å²) in [5.41, 5.74) is 3.05. The maximum Gasteiger partial charge on any atom is 0.123 e. The first-order valence-electron chi connectivity index (χ1n) is 9.91. The van der Waals surface area contributed by atoms with Crippen molar-refractivity contribution in [3.8, 4) is 11.5 Å². The number of aromatic hydroxyl groups is 2. The van der Waals surface area contributed by atoms with E-state index < -0.39 is 0 Å². The molecule has 0 aromatic heterocycles. The van der Waals surface area contributed by atoms with Crippen LogP contribution in [0.4, 0.5) is 0 Å². The molecule has 25 heavy (non-hydrogen) atoms. The van der Waals surface area contributed by atoms with E-state index in [9.17, 15) is 10.2 Å². The van der Waals surface area contributed by atoms with Gasteiger partial charge < -0.3 is 10.2 Å². The highest BCUT2D eigenvalue weighted by atomic mass is 16.3. The average molecular weight is 345 g/mol. The zero-order valence-electron chi connectivity index (χ0n) is 16.9. The van der Waals surface area contributed by atoms with Gasteiger partial charge in [-0.05, 0) is 61.1 Å². The van der Waals surface area contributed by atoms with Crippen LogP contribution in [-0.4, -0.2) is 10.2 Å². The van der Waals surface area contributed by atoms with Crippen LogP contribution in [0.25, 0.3) is 0 Å². The highest BCUT2D eigenvalue weighted by Gasteiger charge is 2.32. The lowest BCUT2D eigenvalue weighted by Crippen LogP contribution is -2.22. The number of phenolic OH excluding ortho intramolecular Hbond substituents is 2. The van der Waals surface area contributed by atoms with Crippen molar-refractivity contribution < 1.29 is 10.2 Å². The molecular weight excluding hydrogens is 308 g/mol. The minimum absolute atomic E-state index is 0.0424. The lowest BCUT2D eigenvalue weighted by Gasteiger charge is -2.34. The Balaban J connectivity index is 2.44. The second kappa shape index (κ2) is 7.85. The Bertz CT molecular complexity index is 602. The average Bonchev–Trinajstić information content (AvgIpc) is 2.52. The summed E-state index contributed by atoms with van der Waals surface area (Å²) in [7, 11) is 0. The molecule has 1 aromatic carbocycles. The molecule has 0 bridgehead atoms. The fraction of sp³-hybridized carbons (Fsp3) is 0.652. The molecule has 2 atom stereocenters. The van der Waals surface area contributed by atoms with Crippen molar-refractivity contribution >= 4 is 0 Å². The number of benzene rings is 1. The summed E-state index contributed by atoms with van der Waals surface area (Å²) in [6, 6.07) is 3.78. The molecule has 1 unspecified atom stereocenters. The van der Waals surface area contributed by atoms with E-state index in [1.807, 2.05) is 12.1 Å². The van der Waals surface area contributed by atoms with Gasteiger partial charge in [0, 0.05) is 11.5 Å². The van der Waals surface area contributed by atoms with Gasteiger partial charge in [0.1, 0.15) is 11.5 Å². The molecule has 1 aliphatic carbocycles. The second-order valence-electron chi connectivity index (χ2n) is 8.90. The Morgan fingerprint density at radius 2 is 1.76 bits per heavy atom. The minimum atomic E-state index is -0.0424. The van der Waals surface area contributed by atoms with Gasteiger partial charge in [0.2, 0.25) is 0 Å². The SMILES string of the molecule is CCCCC(C)(C)c1cc(O)c([C@@H]2C=C(C)CCC2C(C)C)c(O)c1. The van der Waals surface area contributed by atoms with Gasteiger partial charge >= 0.3 is 0 Å². The molecule has 0 amide bonds. The largest absolute Gasteiger partial charge is 0.507 e. The first-order chi connectivity index (χ1) is 11.7. The smallest absolute Gasteiger partial charge is 0.123 e. The van der Waals surface area contributed by atoms with Crippen LogP contribution in [0.2, 0.25) is 0 Å². The third-order valence-electron chi connectivity index (χ3n) is 6.06. The standard InChI is InChI=1S/C23H36O2/c1-7-8-11-23(5,6)17-13-20(24)22(21(25)14-17)19-12-16(4)9-10-18(19)15(2)3/h12-15,18-19,24-25H,7-11H2,1-6H3/t18?,19-/m1/s1. The molecule has 0 aliphatic heterocycles. The third-order valence-corrected chi connectivity index (χ3v) is 6.06. The summed E-state index contributed by atoms with van der Waals surface area (Å²) in [5, 5.41) is 21.6. The number of hydrogen-bond donors (Lipinski definition) is 2. The summed E-state index contributed by atoms with van der Waals surface area (Å²) in [6.45, 7) is 13.2. The molecule has 0 radical (unpaired) electrons. The van der Waals surface area contributed by atoms with Crippen LogP contribution in [0.5, 0.6) is 11.5 Å². The topological polar surface area (TPSA) is 40.5 Å². The van der Waals surface area contributed by atoms with E-state index in [4.69, 9.17) is 0 Å². The Labute approximate surface area is 154 Å². The Morgan fingerprint density at radius 1 is 1.16 bits per heavy atom. The number of hydrogen-bond acceptors (Lipinski definition) is 2. The highest BCUT2D eigenvalue weighted by molar-refractivity contribution is 5.52. The molecule has 1 aromatic rings. The van der Waals surface area contributed by atoms with Crippen molar-refractivity contribution in [2.24, 2.45) is 11.8 Å². The van der Waals surface area contributed by atoms with E-state index in [1.54, 1.807) is 0 Å². The van der Waals surface area contributed by atoms with E-state index in [2.05, 4.69) is 47.6 Å². The zero-order chi connectivity index (χ0) is 18.8. The normalized spacial score (nSPS) is 21.5. The third kappa shape index (κ3) is 4.40. The summed E-state index contributed by atoms with van der Waals surface area (Å²) in [4.78, 5) is 0. The predicted octanol–water partition coefficient (Wildman–Crippen LogP) is 6.66. The molecule has 0 saturated heterocycles. The van der Waals surface area contributed by atoms with Gasteiger partial charge in [-0.3, -0.25) is 0 Å². The number of unbranched alkanes of at least 4 members (excludes halogenated alkanes) is 1. The Hall–Kier alpha value is -1.44. The second-order valence-corrected chi connectivity index (χ2v) is 8.90. The first-order valence-corrected chi connectivity index (χ1v) is 9.91. The number of rotatable bonds is 6. The molecule has 2 heteroatoms. The van der Waals surface area contributed by atoms with Gasteiger partial charge in [0.05, 0.1) is 0 Å².